The molecule has 3 amide bonds. The SMILES string of the molecule is CC(C)(C)c1cc(N2C(=O)N(Cc3ccccc3Nc3ccc(F)cc3F)C(C)(C)C2=O)ccc1C#N. The van der Waals surface area contributed by atoms with Crippen molar-refractivity contribution in [1.29, 1.82) is 5.26 Å². The van der Waals surface area contributed by atoms with Gasteiger partial charge in [0.05, 0.1) is 29.6 Å². The van der Waals surface area contributed by atoms with Gasteiger partial charge >= 0.3 is 6.03 Å². The molecule has 0 aromatic heterocycles. The van der Waals surface area contributed by atoms with Crippen LogP contribution in [0.1, 0.15) is 51.3 Å². The fourth-order valence-electron chi connectivity index (χ4n) is 4.40. The number of rotatable bonds is 5. The summed E-state index contributed by atoms with van der Waals surface area (Å²) in [7, 11) is 0. The predicted molar refractivity (Wildman–Crippen MR) is 138 cm³/mol. The van der Waals surface area contributed by atoms with Crippen molar-refractivity contribution in [3.8, 4) is 6.07 Å². The smallest absolute Gasteiger partial charge is 0.332 e. The fourth-order valence-corrected chi connectivity index (χ4v) is 4.40. The van der Waals surface area contributed by atoms with Crippen molar-refractivity contribution in [2.75, 3.05) is 10.2 Å². The van der Waals surface area contributed by atoms with Crippen molar-refractivity contribution in [2.24, 2.45) is 0 Å². The second-order valence-electron chi connectivity index (χ2n) is 10.6. The van der Waals surface area contributed by atoms with Crippen molar-refractivity contribution in [3.63, 3.8) is 0 Å². The zero-order valence-electron chi connectivity index (χ0n) is 21.4. The molecular weight excluding hydrogens is 474 g/mol. The molecule has 190 valence electrons. The Balaban J connectivity index is 1.68. The van der Waals surface area contributed by atoms with Gasteiger partial charge in [0.25, 0.3) is 5.91 Å². The van der Waals surface area contributed by atoms with Crippen LogP contribution in [0.2, 0.25) is 0 Å². The average molecular weight is 503 g/mol. The van der Waals surface area contributed by atoms with E-state index in [-0.39, 0.29) is 17.6 Å². The number of nitrogens with one attached hydrogen (secondary N) is 1. The number of amides is 3. The third kappa shape index (κ3) is 4.77. The molecule has 8 heteroatoms. The molecule has 1 N–H and O–H groups in total. The first-order valence-corrected chi connectivity index (χ1v) is 11.9. The van der Waals surface area contributed by atoms with E-state index in [2.05, 4.69) is 11.4 Å². The summed E-state index contributed by atoms with van der Waals surface area (Å²) < 4.78 is 27.6. The number of carbonyl (C=O) groups is 2. The van der Waals surface area contributed by atoms with Crippen molar-refractivity contribution in [1.82, 2.24) is 4.90 Å². The Morgan fingerprint density at radius 1 is 0.973 bits per heavy atom. The molecule has 1 aliphatic heterocycles. The summed E-state index contributed by atoms with van der Waals surface area (Å²) in [5, 5.41) is 12.5. The summed E-state index contributed by atoms with van der Waals surface area (Å²) in [6.45, 7) is 9.32. The molecule has 3 aromatic rings. The molecule has 0 saturated carbocycles. The number of para-hydroxylation sites is 1. The summed E-state index contributed by atoms with van der Waals surface area (Å²) in [6, 6.07) is 16.9. The molecule has 4 rings (SSSR count). The molecule has 0 unspecified atom stereocenters. The normalized spacial score (nSPS) is 15.2. The zero-order valence-corrected chi connectivity index (χ0v) is 21.4. The molecule has 1 aliphatic rings. The van der Waals surface area contributed by atoms with Gasteiger partial charge in [-0.25, -0.2) is 18.5 Å². The number of nitriles is 1. The van der Waals surface area contributed by atoms with Gasteiger partial charge in [-0.1, -0.05) is 39.0 Å². The Kier molecular flexibility index (Phi) is 6.51. The summed E-state index contributed by atoms with van der Waals surface area (Å²) in [5.41, 5.74) is 1.34. The lowest BCUT2D eigenvalue weighted by atomic mass is 9.83. The average Bonchev–Trinajstić information content (AvgIpc) is 3.00. The van der Waals surface area contributed by atoms with Crippen LogP contribution in [0.25, 0.3) is 0 Å². The van der Waals surface area contributed by atoms with E-state index < -0.39 is 29.1 Å². The third-order valence-corrected chi connectivity index (χ3v) is 6.56. The summed E-state index contributed by atoms with van der Waals surface area (Å²) in [4.78, 5) is 29.8. The maximum absolute atomic E-state index is 14.3. The minimum atomic E-state index is -1.17. The van der Waals surface area contributed by atoms with E-state index in [9.17, 15) is 23.6 Å². The molecule has 3 aromatic carbocycles. The van der Waals surface area contributed by atoms with Gasteiger partial charge in [0.15, 0.2) is 0 Å². The Morgan fingerprint density at radius 2 is 1.68 bits per heavy atom. The van der Waals surface area contributed by atoms with Crippen molar-refractivity contribution < 1.29 is 18.4 Å². The van der Waals surface area contributed by atoms with Crippen LogP contribution in [-0.4, -0.2) is 22.4 Å². The van der Waals surface area contributed by atoms with E-state index in [1.807, 2.05) is 20.8 Å². The van der Waals surface area contributed by atoms with Crippen LogP contribution >= 0.6 is 0 Å². The highest BCUT2D eigenvalue weighted by atomic mass is 19.1. The minimum Gasteiger partial charge on any atom is -0.353 e. The molecular formula is C29H28F2N4O2. The summed E-state index contributed by atoms with van der Waals surface area (Å²) >= 11 is 0. The quantitative estimate of drug-likeness (QED) is 0.398. The lowest BCUT2D eigenvalue weighted by molar-refractivity contribution is -0.123. The molecule has 1 fully saturated rings. The van der Waals surface area contributed by atoms with E-state index >= 15 is 0 Å². The molecule has 0 atom stereocenters. The highest BCUT2D eigenvalue weighted by Crippen LogP contribution is 2.37. The third-order valence-electron chi connectivity index (χ3n) is 6.56. The molecule has 37 heavy (non-hydrogen) atoms. The number of imide groups is 1. The number of urea groups is 1. The Morgan fingerprint density at radius 3 is 2.32 bits per heavy atom. The monoisotopic (exact) mass is 502 g/mol. The zero-order chi connectivity index (χ0) is 27.1. The first-order valence-electron chi connectivity index (χ1n) is 11.9. The van der Waals surface area contributed by atoms with Crippen LogP contribution in [0, 0.1) is 23.0 Å². The maximum Gasteiger partial charge on any atom is 0.332 e. The van der Waals surface area contributed by atoms with Gasteiger partial charge in [0, 0.05) is 11.8 Å². The lowest BCUT2D eigenvalue weighted by Crippen LogP contribution is -2.43. The number of hydrogen-bond donors (Lipinski definition) is 1. The van der Waals surface area contributed by atoms with Gasteiger partial charge < -0.3 is 10.2 Å². The van der Waals surface area contributed by atoms with Gasteiger partial charge in [0.2, 0.25) is 0 Å². The number of anilines is 3. The largest absolute Gasteiger partial charge is 0.353 e. The lowest BCUT2D eigenvalue weighted by Gasteiger charge is -2.28. The van der Waals surface area contributed by atoms with E-state index in [4.69, 9.17) is 0 Å². The first kappa shape index (κ1) is 25.8. The van der Waals surface area contributed by atoms with Gasteiger partial charge in [-0.2, -0.15) is 5.26 Å². The molecule has 1 heterocycles. The van der Waals surface area contributed by atoms with Crippen molar-refractivity contribution >= 4 is 29.0 Å². The van der Waals surface area contributed by atoms with Crippen molar-refractivity contribution in [2.45, 2.75) is 52.1 Å². The Labute approximate surface area is 215 Å². The van der Waals surface area contributed by atoms with Crippen LogP contribution in [0.5, 0.6) is 0 Å². The highest BCUT2D eigenvalue weighted by Gasteiger charge is 2.52. The van der Waals surface area contributed by atoms with Gasteiger partial charge in [-0.15, -0.1) is 0 Å². The molecule has 0 radical (unpaired) electrons. The molecule has 0 spiro atoms. The maximum atomic E-state index is 14.3. The highest BCUT2D eigenvalue weighted by molar-refractivity contribution is 6.23. The van der Waals surface area contributed by atoms with E-state index in [0.29, 0.717) is 22.5 Å². The standard InChI is InChI=1S/C29H28F2N4O2/c1-28(2,3)22-15-21(12-10-18(22)16-32)35-26(36)29(4,5)34(27(35)37)17-19-8-6-7-9-24(19)33-25-13-11-20(30)14-23(25)31/h6-15,33H,17H2,1-5H3. The summed E-state index contributed by atoms with van der Waals surface area (Å²) in [5.74, 6) is -1.82. The second-order valence-corrected chi connectivity index (χ2v) is 10.6. The van der Waals surface area contributed by atoms with E-state index in [1.54, 1.807) is 56.3 Å². The van der Waals surface area contributed by atoms with Gasteiger partial charge in [-0.05, 0) is 66.8 Å². The Hall–Kier alpha value is -4.25. The fraction of sp³-hybridized carbons (Fsp3) is 0.276. The van der Waals surface area contributed by atoms with Crippen LogP contribution < -0.4 is 10.2 Å². The molecule has 0 aliphatic carbocycles. The van der Waals surface area contributed by atoms with Crippen LogP contribution in [0.4, 0.5) is 30.6 Å². The molecule has 6 nitrogen and oxygen atoms in total. The number of halogens is 2. The predicted octanol–water partition coefficient (Wildman–Crippen LogP) is 6.62. The van der Waals surface area contributed by atoms with E-state index in [1.165, 1.54) is 11.0 Å². The number of hydrogen-bond acceptors (Lipinski definition) is 4. The second kappa shape index (κ2) is 9.32. The first-order chi connectivity index (χ1) is 17.3. The minimum absolute atomic E-state index is 0.0719. The summed E-state index contributed by atoms with van der Waals surface area (Å²) in [6.07, 6.45) is 0. The Bertz CT molecular complexity index is 1440. The van der Waals surface area contributed by atoms with Gasteiger partial charge in [0.1, 0.15) is 17.2 Å². The molecule has 1 saturated heterocycles. The van der Waals surface area contributed by atoms with E-state index in [0.717, 1.165) is 22.6 Å². The number of carbonyl (C=O) groups excluding carboxylic acids is 2. The van der Waals surface area contributed by atoms with Crippen LogP contribution in [-0.2, 0) is 16.8 Å². The van der Waals surface area contributed by atoms with Crippen LogP contribution in [0.3, 0.4) is 0 Å². The van der Waals surface area contributed by atoms with Crippen molar-refractivity contribution in [3.05, 3.63) is 89.0 Å². The number of nitrogens with zero attached hydrogens (tertiary/aromatic N) is 3. The molecule has 0 bridgehead atoms. The van der Waals surface area contributed by atoms with Crippen LogP contribution in [0.15, 0.2) is 60.7 Å². The topological polar surface area (TPSA) is 76.4 Å². The number of benzene rings is 3. The van der Waals surface area contributed by atoms with Gasteiger partial charge in [-0.3, -0.25) is 4.79 Å².